The first kappa shape index (κ1) is 46.6. The largest absolute Gasteiger partial charge is 0.460 e. The fraction of sp³-hybridized carbons (Fsp3) is 0.449. The number of ether oxygens (including phenoxy) is 1. The second kappa shape index (κ2) is 19.3. The summed E-state index contributed by atoms with van der Waals surface area (Å²) in [6.45, 7) is 19.5. The minimum atomic E-state index is -0.818. The molecule has 1 amide bonds. The Morgan fingerprint density at radius 3 is 2.06 bits per heavy atom. The molecule has 1 aromatic carbocycles. The highest BCUT2D eigenvalue weighted by atomic mass is 35.5. The molecule has 0 radical (unpaired) electrons. The van der Waals surface area contributed by atoms with Crippen molar-refractivity contribution in [3.8, 4) is 10.0 Å². The van der Waals surface area contributed by atoms with Crippen LogP contribution in [0.4, 0.5) is 0 Å². The number of pyridine rings is 1. The lowest BCUT2D eigenvalue weighted by Gasteiger charge is -2.32. The number of amides is 1. The lowest BCUT2D eigenvalue weighted by molar-refractivity contribution is -0.157. The minimum absolute atomic E-state index is 0.00185. The Labute approximate surface area is 404 Å². The van der Waals surface area contributed by atoms with Gasteiger partial charge in [0.15, 0.2) is 11.6 Å². The minimum Gasteiger partial charge on any atom is -0.460 e. The molecule has 9 rings (SSSR count). The Hall–Kier alpha value is -5.46. The van der Waals surface area contributed by atoms with Gasteiger partial charge >= 0.3 is 5.97 Å². The predicted octanol–water partition coefficient (Wildman–Crippen LogP) is 7.83. The number of carbonyl (C=O) groups excluding carboxylic acids is 2. The summed E-state index contributed by atoms with van der Waals surface area (Å²) in [7, 11) is 2.15. The Morgan fingerprint density at radius 2 is 1.39 bits per heavy atom. The number of hydrogen-bond donors (Lipinski definition) is 1. The third kappa shape index (κ3) is 9.66. The molecule has 0 spiro atoms. The summed E-state index contributed by atoms with van der Waals surface area (Å²) < 4.78 is 10.5. The van der Waals surface area contributed by atoms with Gasteiger partial charge in [-0.15, -0.1) is 43.1 Å². The number of hydrogen-bond acceptors (Lipinski definition) is 14. The molecule has 67 heavy (non-hydrogen) atoms. The number of piperazine rings is 1. The van der Waals surface area contributed by atoms with Crippen molar-refractivity contribution in [3.05, 3.63) is 120 Å². The molecule has 3 aliphatic rings. The van der Waals surface area contributed by atoms with E-state index >= 15 is 0 Å². The molecule has 0 bridgehead atoms. The van der Waals surface area contributed by atoms with Crippen molar-refractivity contribution in [2.24, 2.45) is 9.98 Å². The van der Waals surface area contributed by atoms with Crippen molar-refractivity contribution in [2.45, 2.75) is 98.3 Å². The Balaban J connectivity index is 0.940. The van der Waals surface area contributed by atoms with E-state index in [1.807, 2.05) is 68.7 Å². The van der Waals surface area contributed by atoms with Crippen molar-refractivity contribution in [1.29, 1.82) is 0 Å². The lowest BCUT2D eigenvalue weighted by Crippen LogP contribution is -2.44. The molecule has 0 saturated carbocycles. The van der Waals surface area contributed by atoms with Crippen LogP contribution < -0.4 is 5.32 Å². The van der Waals surface area contributed by atoms with Gasteiger partial charge in [-0.25, -0.2) is 0 Å². The lowest BCUT2D eigenvalue weighted by atomic mass is 9.96. The molecular weight excluding hydrogens is 904 g/mol. The molecule has 5 aromatic heterocycles. The quantitative estimate of drug-likeness (QED) is 0.107. The molecule has 3 aliphatic heterocycles. The third-order valence-corrected chi connectivity index (χ3v) is 15.9. The number of thiophene rings is 2. The molecular formula is C49H57ClN12O3S2. The maximum atomic E-state index is 14.1. The van der Waals surface area contributed by atoms with Crippen LogP contribution >= 0.6 is 34.3 Å². The van der Waals surface area contributed by atoms with Crippen LogP contribution in [0.2, 0.25) is 5.02 Å². The number of rotatable bonds is 14. The number of aromatic nitrogens is 7. The van der Waals surface area contributed by atoms with E-state index in [1.165, 1.54) is 4.88 Å². The number of nitrogens with one attached hydrogen (secondary N) is 1. The van der Waals surface area contributed by atoms with Crippen LogP contribution in [0.5, 0.6) is 0 Å². The van der Waals surface area contributed by atoms with E-state index in [4.69, 9.17) is 26.3 Å². The van der Waals surface area contributed by atoms with E-state index in [2.05, 4.69) is 72.9 Å². The number of aliphatic imine (C=N–C) groups is 2. The zero-order valence-corrected chi connectivity index (χ0v) is 41.8. The molecule has 350 valence electrons. The van der Waals surface area contributed by atoms with Gasteiger partial charge in [-0.1, -0.05) is 23.7 Å². The molecule has 0 aliphatic carbocycles. The summed E-state index contributed by atoms with van der Waals surface area (Å²) in [6.07, 6.45) is 5.95. The maximum absolute atomic E-state index is 14.1. The highest BCUT2D eigenvalue weighted by molar-refractivity contribution is 7.15. The van der Waals surface area contributed by atoms with Crippen LogP contribution in [-0.2, 0) is 20.7 Å². The van der Waals surface area contributed by atoms with E-state index in [0.717, 1.165) is 110 Å². The molecule has 1 fully saturated rings. The van der Waals surface area contributed by atoms with Crippen LogP contribution in [0, 0.1) is 34.6 Å². The molecule has 1 saturated heterocycles. The number of aryl methyl sites for hydroxylation is 4. The van der Waals surface area contributed by atoms with Crippen LogP contribution in [0.3, 0.4) is 0 Å². The van der Waals surface area contributed by atoms with Gasteiger partial charge in [-0.2, -0.15) is 0 Å². The first-order chi connectivity index (χ1) is 32.2. The van der Waals surface area contributed by atoms with Crippen LogP contribution in [-0.4, -0.2) is 120 Å². The van der Waals surface area contributed by atoms with E-state index in [1.54, 1.807) is 35.1 Å². The molecule has 2 atom stereocenters. The number of carbonyl (C=O) groups is 2. The smallest absolute Gasteiger partial charge is 0.308 e. The topological polar surface area (TPSA) is 161 Å². The first-order valence-electron chi connectivity index (χ1n) is 22.9. The van der Waals surface area contributed by atoms with Gasteiger partial charge in [0, 0.05) is 88.6 Å². The van der Waals surface area contributed by atoms with Crippen molar-refractivity contribution in [3.63, 3.8) is 0 Å². The number of nitrogens with zero attached hydrogens (tertiary/aromatic N) is 11. The molecule has 2 unspecified atom stereocenters. The number of esters is 1. The fourth-order valence-corrected chi connectivity index (χ4v) is 11.8. The second-order valence-corrected chi connectivity index (χ2v) is 21.1. The third-order valence-electron chi connectivity index (χ3n) is 13.1. The number of fused-ring (bicyclic) bond motifs is 6. The normalized spacial score (nSPS) is 17.4. The van der Waals surface area contributed by atoms with Gasteiger partial charge in [0.2, 0.25) is 5.91 Å². The van der Waals surface area contributed by atoms with Gasteiger partial charge in [0.1, 0.15) is 39.3 Å². The van der Waals surface area contributed by atoms with E-state index in [0.29, 0.717) is 35.9 Å². The standard InChI is InChI=1S/C49H57ClN12O3S2/c1-28-30(3)66-47-41(28)44(34-16-19-51-20-17-34)53-36(45-57-55-31(4)61(45)47)26-40(64)65-49(6,7)18-15-38-29(2)42-43(33-11-13-35(50)14-12-33)54-37(46-58-56-32(5)62(46)48(42)67-38)27-52-39(63)10-9-21-60-24-22-59(8)23-25-60/h11-14,16-17,19-20,36-37H,9-10,15,18,21-27H2,1-8H3,(H,52,63). The SMILES string of the molecule is Cc1sc2c(c1C)C(c1ccncc1)=NC(CC(=O)OC(C)(C)CCc1sc3c(c1C)C(c1ccc(Cl)cc1)=NC(CNC(=O)CCCN1CCN(C)CC1)c1nnc(C)n1-3)c1nnc(C)n1-2. The van der Waals surface area contributed by atoms with Gasteiger partial charge < -0.3 is 19.9 Å². The monoisotopic (exact) mass is 960 g/mol. The van der Waals surface area contributed by atoms with Crippen molar-refractivity contribution in [2.75, 3.05) is 46.3 Å². The molecule has 15 nitrogen and oxygen atoms in total. The average molecular weight is 962 g/mol. The number of halogens is 1. The van der Waals surface area contributed by atoms with Crippen molar-refractivity contribution >= 4 is 57.6 Å². The Kier molecular flexibility index (Phi) is 13.4. The molecule has 6 aromatic rings. The molecule has 1 N–H and O–H groups in total. The van der Waals surface area contributed by atoms with Crippen LogP contribution in [0.1, 0.15) is 118 Å². The summed E-state index contributed by atoms with van der Waals surface area (Å²) >= 11 is 9.75. The van der Waals surface area contributed by atoms with E-state index in [9.17, 15) is 9.59 Å². The van der Waals surface area contributed by atoms with Crippen LogP contribution in [0.25, 0.3) is 10.0 Å². The van der Waals surface area contributed by atoms with Crippen LogP contribution in [0.15, 0.2) is 58.8 Å². The Morgan fingerprint density at radius 1 is 0.791 bits per heavy atom. The van der Waals surface area contributed by atoms with Gasteiger partial charge in [-0.3, -0.25) is 33.7 Å². The average Bonchev–Trinajstić information content (AvgIpc) is 4.00. The number of benzene rings is 1. The summed E-state index contributed by atoms with van der Waals surface area (Å²) in [5.74, 6) is 2.37. The van der Waals surface area contributed by atoms with Crippen molar-refractivity contribution < 1.29 is 14.3 Å². The van der Waals surface area contributed by atoms with Crippen molar-refractivity contribution in [1.82, 2.24) is 49.6 Å². The fourth-order valence-electron chi connectivity index (χ4n) is 9.15. The highest BCUT2D eigenvalue weighted by Gasteiger charge is 2.36. The van der Waals surface area contributed by atoms with E-state index in [-0.39, 0.29) is 24.8 Å². The summed E-state index contributed by atoms with van der Waals surface area (Å²) in [4.78, 5) is 49.3. The zero-order chi connectivity index (χ0) is 47.1. The maximum Gasteiger partial charge on any atom is 0.308 e. The zero-order valence-electron chi connectivity index (χ0n) is 39.4. The molecule has 8 heterocycles. The predicted molar refractivity (Wildman–Crippen MR) is 264 cm³/mol. The second-order valence-electron chi connectivity index (χ2n) is 18.4. The van der Waals surface area contributed by atoms with Gasteiger partial charge in [0.25, 0.3) is 0 Å². The Bertz CT molecular complexity index is 2870. The van der Waals surface area contributed by atoms with Gasteiger partial charge in [-0.05, 0) is 117 Å². The van der Waals surface area contributed by atoms with Gasteiger partial charge in [0.05, 0.1) is 17.8 Å². The summed E-state index contributed by atoms with van der Waals surface area (Å²) in [5, 5.41) is 24.0. The first-order valence-corrected chi connectivity index (χ1v) is 25.0. The summed E-state index contributed by atoms with van der Waals surface area (Å²) in [5.41, 5.74) is 6.81. The highest BCUT2D eigenvalue weighted by Crippen LogP contribution is 2.42. The number of likely N-dealkylation sites (N-methyl/N-ethyl adjacent to an activating group) is 1. The molecule has 18 heteroatoms. The van der Waals surface area contributed by atoms with E-state index < -0.39 is 17.7 Å². The summed E-state index contributed by atoms with van der Waals surface area (Å²) in [6, 6.07) is 10.5.